The Morgan fingerprint density at radius 1 is 1.23 bits per heavy atom. The zero-order valence-electron chi connectivity index (χ0n) is 15.8. The molecule has 0 bridgehead atoms. The summed E-state index contributed by atoms with van der Waals surface area (Å²) in [6.07, 6.45) is 11.1. The van der Waals surface area contributed by atoms with Gasteiger partial charge < -0.3 is 9.84 Å². The molecule has 2 aliphatic carbocycles. The molecule has 2 unspecified atom stereocenters. The summed E-state index contributed by atoms with van der Waals surface area (Å²) in [6, 6.07) is 7.81. The number of ether oxygens (including phenoxy) is 1. The van der Waals surface area contributed by atoms with E-state index >= 15 is 0 Å². The highest BCUT2D eigenvalue weighted by Gasteiger charge is 2.38. The minimum Gasteiger partial charge on any atom is -0.493 e. The van der Waals surface area contributed by atoms with Crippen molar-refractivity contribution in [2.24, 2.45) is 11.3 Å². The number of hydrogen-bond donors (Lipinski definition) is 1. The standard InChI is InChI=1S/C23H30O3/c1-2-6-20(15-22(24)25)19-8-10-21(11-9-19)26-17-18-7-5-14-23(16-18)12-3-4-13-23/h8-11,18,20H,3-5,7,12-17H2,1H3,(H,24,25). The van der Waals surface area contributed by atoms with Gasteiger partial charge in [-0.3, -0.25) is 4.79 Å². The van der Waals surface area contributed by atoms with Crippen LogP contribution in [0.5, 0.6) is 5.75 Å². The Kier molecular flexibility index (Phi) is 6.25. The van der Waals surface area contributed by atoms with Gasteiger partial charge in [-0.15, -0.1) is 5.92 Å². The third-order valence-electron chi connectivity index (χ3n) is 6.17. The molecule has 0 aromatic heterocycles. The highest BCUT2D eigenvalue weighted by molar-refractivity contribution is 5.69. The molecule has 0 heterocycles. The van der Waals surface area contributed by atoms with Gasteiger partial charge in [0.15, 0.2) is 0 Å². The predicted molar refractivity (Wildman–Crippen MR) is 103 cm³/mol. The number of rotatable bonds is 6. The maximum Gasteiger partial charge on any atom is 0.304 e. The van der Waals surface area contributed by atoms with Gasteiger partial charge in [0.25, 0.3) is 0 Å². The van der Waals surface area contributed by atoms with Crippen LogP contribution in [0.3, 0.4) is 0 Å². The van der Waals surface area contributed by atoms with Crippen LogP contribution in [0.1, 0.15) is 76.2 Å². The molecule has 2 atom stereocenters. The van der Waals surface area contributed by atoms with Crippen LogP contribution in [-0.2, 0) is 4.79 Å². The summed E-state index contributed by atoms with van der Waals surface area (Å²) in [5, 5.41) is 9.05. The Morgan fingerprint density at radius 2 is 1.92 bits per heavy atom. The quantitative estimate of drug-likeness (QED) is 0.696. The molecule has 1 spiro atoms. The smallest absolute Gasteiger partial charge is 0.304 e. The SMILES string of the molecule is CC#CC(CC(=O)O)c1ccc(OCC2CCCC3(CCCC3)C2)cc1. The third kappa shape index (κ3) is 4.81. The van der Waals surface area contributed by atoms with Gasteiger partial charge in [0, 0.05) is 0 Å². The summed E-state index contributed by atoms with van der Waals surface area (Å²) in [5.41, 5.74) is 1.57. The number of carboxylic acids is 1. The van der Waals surface area contributed by atoms with E-state index < -0.39 is 5.97 Å². The van der Waals surface area contributed by atoms with E-state index in [-0.39, 0.29) is 12.3 Å². The van der Waals surface area contributed by atoms with E-state index in [1.54, 1.807) is 6.92 Å². The number of benzene rings is 1. The molecule has 1 aromatic carbocycles. The van der Waals surface area contributed by atoms with Crippen LogP contribution in [0.15, 0.2) is 24.3 Å². The van der Waals surface area contributed by atoms with Crippen molar-refractivity contribution in [3.8, 4) is 17.6 Å². The molecule has 0 amide bonds. The van der Waals surface area contributed by atoms with Crippen LogP contribution in [0.4, 0.5) is 0 Å². The fraction of sp³-hybridized carbons (Fsp3) is 0.609. The second-order valence-electron chi connectivity index (χ2n) is 8.09. The Bertz CT molecular complexity index is 659. The summed E-state index contributed by atoms with van der Waals surface area (Å²) in [6.45, 7) is 2.54. The summed E-state index contributed by atoms with van der Waals surface area (Å²) >= 11 is 0. The lowest BCUT2D eigenvalue weighted by Crippen LogP contribution is -2.29. The molecule has 3 heteroatoms. The molecule has 0 radical (unpaired) electrons. The number of carbonyl (C=O) groups is 1. The van der Waals surface area contributed by atoms with Crippen LogP contribution in [0, 0.1) is 23.2 Å². The van der Waals surface area contributed by atoms with Crippen molar-refractivity contribution >= 4 is 5.97 Å². The van der Waals surface area contributed by atoms with Gasteiger partial charge in [-0.05, 0) is 68.1 Å². The normalized spacial score (nSPS) is 22.4. The maximum atomic E-state index is 11.0. The lowest BCUT2D eigenvalue weighted by atomic mass is 9.69. The zero-order chi connectivity index (χ0) is 18.4. The molecule has 3 nitrogen and oxygen atoms in total. The first-order valence-electron chi connectivity index (χ1n) is 9.97. The van der Waals surface area contributed by atoms with Gasteiger partial charge in [-0.25, -0.2) is 0 Å². The van der Waals surface area contributed by atoms with E-state index in [1.165, 1.54) is 51.4 Å². The molecule has 3 rings (SSSR count). The summed E-state index contributed by atoms with van der Waals surface area (Å²) in [4.78, 5) is 11.0. The average molecular weight is 354 g/mol. The molecule has 2 saturated carbocycles. The van der Waals surface area contributed by atoms with E-state index in [0.29, 0.717) is 11.3 Å². The van der Waals surface area contributed by atoms with E-state index in [1.807, 2.05) is 24.3 Å². The summed E-state index contributed by atoms with van der Waals surface area (Å²) in [5.74, 6) is 6.29. The molecule has 0 saturated heterocycles. The maximum absolute atomic E-state index is 11.0. The molecule has 2 fully saturated rings. The molecule has 2 aliphatic rings. The van der Waals surface area contributed by atoms with E-state index in [4.69, 9.17) is 9.84 Å². The van der Waals surface area contributed by atoms with Crippen LogP contribution in [0.2, 0.25) is 0 Å². The number of aliphatic carboxylic acids is 1. The molecule has 140 valence electrons. The molecular weight excluding hydrogens is 324 g/mol. The third-order valence-corrected chi connectivity index (χ3v) is 6.17. The zero-order valence-corrected chi connectivity index (χ0v) is 15.8. The number of hydrogen-bond acceptors (Lipinski definition) is 2. The lowest BCUT2D eigenvalue weighted by Gasteiger charge is -2.38. The first kappa shape index (κ1) is 18.8. The first-order valence-corrected chi connectivity index (χ1v) is 9.97. The Morgan fingerprint density at radius 3 is 2.58 bits per heavy atom. The van der Waals surface area contributed by atoms with Gasteiger partial charge in [-0.2, -0.15) is 0 Å². The van der Waals surface area contributed by atoms with Gasteiger partial charge in [0.1, 0.15) is 5.75 Å². The number of carboxylic acid groups (broad SMARTS) is 1. The van der Waals surface area contributed by atoms with Crippen LogP contribution in [-0.4, -0.2) is 17.7 Å². The minimum absolute atomic E-state index is 0.0329. The molecule has 0 aliphatic heterocycles. The van der Waals surface area contributed by atoms with E-state index in [2.05, 4.69) is 11.8 Å². The fourth-order valence-electron chi connectivity index (χ4n) is 4.92. The van der Waals surface area contributed by atoms with Crippen molar-refractivity contribution in [1.29, 1.82) is 0 Å². The molecule has 26 heavy (non-hydrogen) atoms. The molecular formula is C23H30O3. The average Bonchev–Trinajstić information content (AvgIpc) is 3.07. The summed E-state index contributed by atoms with van der Waals surface area (Å²) in [7, 11) is 0. The van der Waals surface area contributed by atoms with Crippen molar-refractivity contribution in [2.75, 3.05) is 6.61 Å². The summed E-state index contributed by atoms with van der Waals surface area (Å²) < 4.78 is 6.07. The van der Waals surface area contributed by atoms with Crippen molar-refractivity contribution < 1.29 is 14.6 Å². The second-order valence-corrected chi connectivity index (χ2v) is 8.09. The topological polar surface area (TPSA) is 46.5 Å². The lowest BCUT2D eigenvalue weighted by molar-refractivity contribution is -0.137. The van der Waals surface area contributed by atoms with Crippen molar-refractivity contribution in [3.05, 3.63) is 29.8 Å². The van der Waals surface area contributed by atoms with Gasteiger partial charge >= 0.3 is 5.97 Å². The molecule has 1 N–H and O–H groups in total. The Balaban J connectivity index is 1.55. The van der Waals surface area contributed by atoms with E-state index in [0.717, 1.165) is 17.9 Å². The van der Waals surface area contributed by atoms with Crippen molar-refractivity contribution in [3.63, 3.8) is 0 Å². The van der Waals surface area contributed by atoms with Crippen LogP contribution in [0.25, 0.3) is 0 Å². The van der Waals surface area contributed by atoms with Crippen LogP contribution >= 0.6 is 0 Å². The largest absolute Gasteiger partial charge is 0.493 e. The highest BCUT2D eigenvalue weighted by Crippen LogP contribution is 2.50. The van der Waals surface area contributed by atoms with Gasteiger partial charge in [0.05, 0.1) is 18.9 Å². The van der Waals surface area contributed by atoms with Crippen LogP contribution < -0.4 is 4.74 Å². The van der Waals surface area contributed by atoms with Crippen molar-refractivity contribution in [2.45, 2.75) is 70.6 Å². The monoisotopic (exact) mass is 354 g/mol. The predicted octanol–water partition coefficient (Wildman–Crippen LogP) is 5.40. The Labute approximate surface area is 157 Å². The van der Waals surface area contributed by atoms with Gasteiger partial charge in [0.2, 0.25) is 0 Å². The molecule has 1 aromatic rings. The fourth-order valence-corrected chi connectivity index (χ4v) is 4.92. The second kappa shape index (κ2) is 8.62. The van der Waals surface area contributed by atoms with E-state index in [9.17, 15) is 4.79 Å². The highest BCUT2D eigenvalue weighted by atomic mass is 16.5. The van der Waals surface area contributed by atoms with Crippen molar-refractivity contribution in [1.82, 2.24) is 0 Å². The minimum atomic E-state index is -0.823. The Hall–Kier alpha value is -1.95. The first-order chi connectivity index (χ1) is 12.6. The van der Waals surface area contributed by atoms with Gasteiger partial charge in [-0.1, -0.05) is 37.3 Å².